The lowest BCUT2D eigenvalue weighted by molar-refractivity contribution is -0.143. The Balaban J connectivity index is 1.77. The molecule has 0 spiro atoms. The van der Waals surface area contributed by atoms with Crippen molar-refractivity contribution in [2.45, 2.75) is 62.6 Å². The highest BCUT2D eigenvalue weighted by molar-refractivity contribution is 7.98. The Labute approximate surface area is 242 Å². The van der Waals surface area contributed by atoms with Gasteiger partial charge in [0.15, 0.2) is 0 Å². The van der Waals surface area contributed by atoms with E-state index in [0.717, 1.165) is 4.90 Å². The van der Waals surface area contributed by atoms with Crippen LogP contribution in [-0.4, -0.2) is 30.4 Å². The summed E-state index contributed by atoms with van der Waals surface area (Å²) in [5.74, 6) is -0.327. The van der Waals surface area contributed by atoms with E-state index >= 15 is 0 Å². The SMILES string of the molecule is COc1cc(F)c(C(C)C)cc1-c1ccc(SC)cc1CN1C(=O)OC(c2cc(C(F)(F)F)cc(C(F)(F)F)c2)C1C. The van der Waals surface area contributed by atoms with Crippen molar-refractivity contribution in [1.82, 2.24) is 4.90 Å². The summed E-state index contributed by atoms with van der Waals surface area (Å²) < 4.78 is 106. The fourth-order valence-corrected chi connectivity index (χ4v) is 5.43. The van der Waals surface area contributed by atoms with Crippen molar-refractivity contribution < 1.29 is 45.0 Å². The molecule has 2 unspecified atom stereocenters. The van der Waals surface area contributed by atoms with Crippen LogP contribution in [0.1, 0.15) is 60.6 Å². The molecule has 1 heterocycles. The molecule has 3 aromatic rings. The summed E-state index contributed by atoms with van der Waals surface area (Å²) in [5.41, 5.74) is -1.17. The maximum absolute atomic E-state index is 14.7. The third kappa shape index (κ3) is 6.33. The molecule has 2 atom stereocenters. The molecule has 4 rings (SSSR count). The quantitative estimate of drug-likeness (QED) is 0.196. The molecule has 1 saturated heterocycles. The molecule has 0 aromatic heterocycles. The Kier molecular flexibility index (Phi) is 8.78. The molecule has 0 bridgehead atoms. The van der Waals surface area contributed by atoms with Crippen molar-refractivity contribution in [3.63, 3.8) is 0 Å². The lowest BCUT2D eigenvalue weighted by atomic mass is 9.93. The van der Waals surface area contributed by atoms with Gasteiger partial charge in [-0.3, -0.25) is 4.90 Å². The summed E-state index contributed by atoms with van der Waals surface area (Å²) in [6, 6.07) is 8.67. The number of alkyl halides is 6. The van der Waals surface area contributed by atoms with Crippen LogP contribution in [0, 0.1) is 5.82 Å². The summed E-state index contributed by atoms with van der Waals surface area (Å²) in [4.78, 5) is 15.1. The van der Waals surface area contributed by atoms with Crippen molar-refractivity contribution in [1.29, 1.82) is 0 Å². The van der Waals surface area contributed by atoms with E-state index in [1.54, 1.807) is 12.1 Å². The maximum atomic E-state index is 14.7. The van der Waals surface area contributed by atoms with Gasteiger partial charge in [0.05, 0.1) is 30.8 Å². The predicted octanol–water partition coefficient (Wildman–Crippen LogP) is 9.47. The van der Waals surface area contributed by atoms with Gasteiger partial charge in [0.1, 0.15) is 17.7 Å². The number of benzene rings is 3. The van der Waals surface area contributed by atoms with Gasteiger partial charge < -0.3 is 9.47 Å². The van der Waals surface area contributed by atoms with E-state index in [9.17, 15) is 35.5 Å². The first-order chi connectivity index (χ1) is 19.5. The molecule has 0 aliphatic carbocycles. The monoisotopic (exact) mass is 615 g/mol. The second kappa shape index (κ2) is 11.7. The maximum Gasteiger partial charge on any atom is 0.416 e. The van der Waals surface area contributed by atoms with Crippen LogP contribution in [0.25, 0.3) is 11.1 Å². The molecule has 0 radical (unpaired) electrons. The number of carbonyl (C=O) groups is 1. The molecule has 0 N–H and O–H groups in total. The molecule has 3 aromatic carbocycles. The number of carbonyl (C=O) groups excluding carboxylic acids is 1. The third-order valence-corrected chi connectivity index (χ3v) is 7.94. The number of hydrogen-bond acceptors (Lipinski definition) is 4. The minimum atomic E-state index is -5.04. The Morgan fingerprint density at radius 2 is 1.57 bits per heavy atom. The largest absolute Gasteiger partial charge is 0.496 e. The number of rotatable bonds is 7. The van der Waals surface area contributed by atoms with Crippen molar-refractivity contribution in [3.8, 4) is 16.9 Å². The van der Waals surface area contributed by atoms with Gasteiger partial charge in [0.25, 0.3) is 0 Å². The molecule has 0 saturated carbocycles. The zero-order chi connectivity index (χ0) is 31.1. The zero-order valence-corrected chi connectivity index (χ0v) is 24.1. The van der Waals surface area contributed by atoms with E-state index in [4.69, 9.17) is 9.47 Å². The van der Waals surface area contributed by atoms with Crippen LogP contribution in [0.2, 0.25) is 0 Å². The number of nitrogens with zero attached hydrogens (tertiary/aromatic N) is 1. The number of thioether (sulfide) groups is 1. The highest BCUT2D eigenvalue weighted by Crippen LogP contribution is 2.43. The van der Waals surface area contributed by atoms with E-state index in [1.807, 2.05) is 32.2 Å². The highest BCUT2D eigenvalue weighted by Gasteiger charge is 2.43. The highest BCUT2D eigenvalue weighted by atomic mass is 32.2. The number of hydrogen-bond donors (Lipinski definition) is 0. The standard InChI is InChI=1S/C30H28F7NO3S/c1-15(2)23-12-24(26(40-4)13-25(23)31)22-7-6-21(42-5)10-18(22)14-38-16(3)27(41-28(38)39)17-8-19(29(32,33)34)11-20(9-17)30(35,36)37/h6-13,15-16,27H,14H2,1-5H3. The lowest BCUT2D eigenvalue weighted by Crippen LogP contribution is -2.31. The molecule has 4 nitrogen and oxygen atoms in total. The summed E-state index contributed by atoms with van der Waals surface area (Å²) >= 11 is 1.43. The summed E-state index contributed by atoms with van der Waals surface area (Å²) in [5, 5.41) is 0. The molecular formula is C30H28F7NO3S. The molecule has 12 heteroatoms. The number of cyclic esters (lactones) is 1. The van der Waals surface area contributed by atoms with Crippen LogP contribution in [0.3, 0.4) is 0 Å². The zero-order valence-electron chi connectivity index (χ0n) is 23.3. The van der Waals surface area contributed by atoms with E-state index in [0.29, 0.717) is 34.4 Å². The average molecular weight is 616 g/mol. The number of methoxy groups -OCH3 is 1. The topological polar surface area (TPSA) is 38.8 Å². The first-order valence-corrected chi connectivity index (χ1v) is 14.1. The average Bonchev–Trinajstić information content (AvgIpc) is 3.20. The summed E-state index contributed by atoms with van der Waals surface area (Å²) in [7, 11) is 1.40. The van der Waals surface area contributed by atoms with Gasteiger partial charge in [0.2, 0.25) is 0 Å². The van der Waals surface area contributed by atoms with Crippen molar-refractivity contribution in [2.24, 2.45) is 0 Å². The second-order valence-electron chi connectivity index (χ2n) is 10.3. The van der Waals surface area contributed by atoms with E-state index in [2.05, 4.69) is 0 Å². The first kappa shape index (κ1) is 31.5. The second-order valence-corrected chi connectivity index (χ2v) is 11.1. The van der Waals surface area contributed by atoms with Crippen molar-refractivity contribution >= 4 is 17.9 Å². The van der Waals surface area contributed by atoms with Crippen LogP contribution in [0.5, 0.6) is 5.75 Å². The Bertz CT molecular complexity index is 1450. The van der Waals surface area contributed by atoms with Gasteiger partial charge in [-0.15, -0.1) is 11.8 Å². The summed E-state index contributed by atoms with van der Waals surface area (Å²) in [6.45, 7) is 5.10. The van der Waals surface area contributed by atoms with Crippen LogP contribution in [0.15, 0.2) is 53.4 Å². The van der Waals surface area contributed by atoms with E-state index < -0.39 is 53.1 Å². The fraction of sp³-hybridized carbons (Fsp3) is 0.367. The van der Waals surface area contributed by atoms with Gasteiger partial charge >= 0.3 is 18.4 Å². The number of amides is 1. The predicted molar refractivity (Wildman–Crippen MR) is 145 cm³/mol. The third-order valence-electron chi connectivity index (χ3n) is 7.21. The normalized spacial score (nSPS) is 17.6. The molecular weight excluding hydrogens is 587 g/mol. The Hall–Kier alpha value is -3.41. The molecule has 1 aliphatic rings. The first-order valence-electron chi connectivity index (χ1n) is 12.9. The molecule has 1 aliphatic heterocycles. The van der Waals surface area contributed by atoms with Gasteiger partial charge in [-0.05, 0) is 77.7 Å². The van der Waals surface area contributed by atoms with Gasteiger partial charge in [-0.25, -0.2) is 9.18 Å². The minimum Gasteiger partial charge on any atom is -0.496 e. The Morgan fingerprint density at radius 1 is 0.952 bits per heavy atom. The molecule has 1 amide bonds. The number of halogens is 7. The lowest BCUT2D eigenvalue weighted by Gasteiger charge is -2.24. The van der Waals surface area contributed by atoms with Crippen LogP contribution in [-0.2, 0) is 23.6 Å². The Morgan fingerprint density at radius 3 is 2.10 bits per heavy atom. The van der Waals surface area contributed by atoms with E-state index in [1.165, 1.54) is 36.8 Å². The van der Waals surface area contributed by atoms with Crippen molar-refractivity contribution in [3.05, 3.63) is 82.2 Å². The molecule has 226 valence electrons. The smallest absolute Gasteiger partial charge is 0.416 e. The summed E-state index contributed by atoms with van der Waals surface area (Å²) in [6.07, 6.45) is -10.5. The molecule has 1 fully saturated rings. The van der Waals surface area contributed by atoms with Crippen LogP contribution in [0.4, 0.5) is 35.5 Å². The molecule has 42 heavy (non-hydrogen) atoms. The van der Waals surface area contributed by atoms with E-state index in [-0.39, 0.29) is 24.3 Å². The van der Waals surface area contributed by atoms with Crippen LogP contribution >= 0.6 is 11.8 Å². The van der Waals surface area contributed by atoms with Crippen LogP contribution < -0.4 is 4.74 Å². The van der Waals surface area contributed by atoms with Gasteiger partial charge in [-0.2, -0.15) is 26.3 Å². The van der Waals surface area contributed by atoms with Gasteiger partial charge in [0, 0.05) is 16.5 Å². The minimum absolute atomic E-state index is 0.0321. The van der Waals surface area contributed by atoms with Crippen molar-refractivity contribution in [2.75, 3.05) is 13.4 Å². The fourth-order valence-electron chi connectivity index (χ4n) is 4.97. The number of ether oxygens (including phenoxy) is 2. The van der Waals surface area contributed by atoms with Gasteiger partial charge in [-0.1, -0.05) is 19.9 Å².